The minimum atomic E-state index is -0.755. The van der Waals surface area contributed by atoms with Gasteiger partial charge in [0.1, 0.15) is 0 Å². The van der Waals surface area contributed by atoms with Gasteiger partial charge in [0.2, 0.25) is 0 Å². The molecule has 1 N–H and O–H groups in total. The summed E-state index contributed by atoms with van der Waals surface area (Å²) in [6, 6.07) is 0. The third-order valence-electron chi connectivity index (χ3n) is 4.43. The Hall–Kier alpha value is -1.85. The Morgan fingerprint density at radius 1 is 1.30 bits per heavy atom. The summed E-state index contributed by atoms with van der Waals surface area (Å²) < 4.78 is 1.93. The second kappa shape index (κ2) is 6.72. The van der Waals surface area contributed by atoms with Crippen molar-refractivity contribution < 1.29 is 14.7 Å². The number of aromatic nitrogens is 2. The molecule has 0 radical (unpaired) electrons. The number of amides is 1. The molecule has 1 amide bonds. The number of aliphatic carboxylic acids is 1. The standard InChI is InChI=1S/C17H27N3O3/c1-5-14-13(11-18-20(14)17(2,3)4)16(23)19-8-6-12(7-9-19)10-15(21)22/h11-12H,5-10H2,1-4H3,(H,21,22). The van der Waals surface area contributed by atoms with E-state index in [1.54, 1.807) is 6.20 Å². The van der Waals surface area contributed by atoms with E-state index in [2.05, 4.69) is 25.9 Å². The number of hydrogen-bond donors (Lipinski definition) is 1. The van der Waals surface area contributed by atoms with Gasteiger partial charge in [-0.15, -0.1) is 0 Å². The third kappa shape index (κ3) is 3.92. The molecule has 128 valence electrons. The van der Waals surface area contributed by atoms with E-state index in [-0.39, 0.29) is 23.8 Å². The SMILES string of the molecule is CCc1c(C(=O)N2CCC(CC(=O)O)CC2)cnn1C(C)(C)C. The van der Waals surface area contributed by atoms with Crippen LogP contribution in [0.1, 0.15) is 63.0 Å². The highest BCUT2D eigenvalue weighted by Crippen LogP contribution is 2.24. The Labute approximate surface area is 137 Å². The molecule has 6 nitrogen and oxygen atoms in total. The lowest BCUT2D eigenvalue weighted by molar-refractivity contribution is -0.138. The highest BCUT2D eigenvalue weighted by molar-refractivity contribution is 5.95. The van der Waals surface area contributed by atoms with Crippen LogP contribution in [0.25, 0.3) is 0 Å². The summed E-state index contributed by atoms with van der Waals surface area (Å²) in [4.78, 5) is 25.4. The van der Waals surface area contributed by atoms with Gasteiger partial charge in [0, 0.05) is 19.5 Å². The molecule has 1 aromatic heterocycles. The summed E-state index contributed by atoms with van der Waals surface area (Å²) >= 11 is 0. The van der Waals surface area contributed by atoms with Crippen LogP contribution in [0.15, 0.2) is 6.20 Å². The van der Waals surface area contributed by atoms with Gasteiger partial charge < -0.3 is 10.0 Å². The number of hydrogen-bond acceptors (Lipinski definition) is 3. The molecule has 2 heterocycles. The Morgan fingerprint density at radius 3 is 2.39 bits per heavy atom. The van der Waals surface area contributed by atoms with E-state index in [4.69, 9.17) is 5.11 Å². The van der Waals surface area contributed by atoms with Crippen molar-refractivity contribution in [3.05, 3.63) is 17.5 Å². The first-order valence-corrected chi connectivity index (χ1v) is 8.32. The second-order valence-corrected chi connectivity index (χ2v) is 7.27. The number of carboxylic acid groups (broad SMARTS) is 1. The fourth-order valence-electron chi connectivity index (χ4n) is 3.23. The van der Waals surface area contributed by atoms with Crippen LogP contribution in [0.2, 0.25) is 0 Å². The lowest BCUT2D eigenvalue weighted by Gasteiger charge is -2.31. The van der Waals surface area contributed by atoms with Gasteiger partial charge in [-0.1, -0.05) is 6.92 Å². The molecule has 1 aromatic rings. The van der Waals surface area contributed by atoms with Crippen molar-refractivity contribution >= 4 is 11.9 Å². The van der Waals surface area contributed by atoms with E-state index < -0.39 is 5.97 Å². The average molecular weight is 321 g/mol. The van der Waals surface area contributed by atoms with Gasteiger partial charge in [-0.3, -0.25) is 14.3 Å². The Morgan fingerprint density at radius 2 is 1.91 bits per heavy atom. The van der Waals surface area contributed by atoms with Crippen molar-refractivity contribution in [1.29, 1.82) is 0 Å². The van der Waals surface area contributed by atoms with E-state index in [1.807, 2.05) is 16.5 Å². The summed E-state index contributed by atoms with van der Waals surface area (Å²) in [5.41, 5.74) is 1.49. The third-order valence-corrected chi connectivity index (χ3v) is 4.43. The molecule has 0 unspecified atom stereocenters. The molecule has 1 saturated heterocycles. The van der Waals surface area contributed by atoms with Crippen LogP contribution in [0.4, 0.5) is 0 Å². The fraction of sp³-hybridized carbons (Fsp3) is 0.706. The van der Waals surface area contributed by atoms with Gasteiger partial charge >= 0.3 is 5.97 Å². The first-order chi connectivity index (χ1) is 10.7. The van der Waals surface area contributed by atoms with Crippen molar-refractivity contribution in [3.63, 3.8) is 0 Å². The van der Waals surface area contributed by atoms with E-state index in [9.17, 15) is 9.59 Å². The fourth-order valence-corrected chi connectivity index (χ4v) is 3.23. The molecule has 0 atom stereocenters. The van der Waals surface area contributed by atoms with E-state index in [0.717, 1.165) is 25.0 Å². The lowest BCUT2D eigenvalue weighted by Crippen LogP contribution is -2.39. The molecule has 1 fully saturated rings. The maximum absolute atomic E-state index is 12.8. The number of carboxylic acids is 1. The largest absolute Gasteiger partial charge is 0.481 e. The maximum atomic E-state index is 12.8. The molecular weight excluding hydrogens is 294 g/mol. The Bertz CT molecular complexity index is 578. The first-order valence-electron chi connectivity index (χ1n) is 8.32. The molecule has 1 aliphatic heterocycles. The van der Waals surface area contributed by atoms with Crippen LogP contribution in [-0.2, 0) is 16.8 Å². The van der Waals surface area contributed by atoms with E-state index in [1.165, 1.54) is 0 Å². The molecule has 2 rings (SSSR count). The number of likely N-dealkylation sites (tertiary alicyclic amines) is 1. The van der Waals surface area contributed by atoms with Crippen LogP contribution in [0.3, 0.4) is 0 Å². The van der Waals surface area contributed by atoms with Gasteiger partial charge in [-0.05, 0) is 46.0 Å². The molecule has 0 aromatic carbocycles. The van der Waals surface area contributed by atoms with E-state index >= 15 is 0 Å². The molecule has 6 heteroatoms. The molecule has 0 bridgehead atoms. The van der Waals surface area contributed by atoms with E-state index in [0.29, 0.717) is 18.7 Å². The Balaban J connectivity index is 2.10. The minimum absolute atomic E-state index is 0.0196. The molecule has 23 heavy (non-hydrogen) atoms. The average Bonchev–Trinajstić information content (AvgIpc) is 2.90. The summed E-state index contributed by atoms with van der Waals surface area (Å²) in [6.45, 7) is 9.51. The van der Waals surface area contributed by atoms with Crippen molar-refractivity contribution in [2.45, 2.75) is 58.9 Å². The number of carbonyl (C=O) groups is 2. The smallest absolute Gasteiger partial charge is 0.303 e. The number of piperidine rings is 1. The van der Waals surface area contributed by atoms with Gasteiger partial charge in [0.25, 0.3) is 5.91 Å². The Kier molecular flexibility index (Phi) is 5.12. The molecular formula is C17H27N3O3. The normalized spacial score (nSPS) is 16.6. The van der Waals surface area contributed by atoms with Crippen LogP contribution in [0.5, 0.6) is 0 Å². The highest BCUT2D eigenvalue weighted by atomic mass is 16.4. The van der Waals surface area contributed by atoms with Crippen molar-refractivity contribution in [2.24, 2.45) is 5.92 Å². The summed E-state index contributed by atoms with van der Waals surface area (Å²) in [5.74, 6) is -0.555. The zero-order valence-electron chi connectivity index (χ0n) is 14.5. The zero-order chi connectivity index (χ0) is 17.2. The summed E-state index contributed by atoms with van der Waals surface area (Å²) in [6.07, 6.45) is 4.15. The van der Waals surface area contributed by atoms with Gasteiger partial charge in [0.15, 0.2) is 0 Å². The van der Waals surface area contributed by atoms with Gasteiger partial charge in [-0.2, -0.15) is 5.10 Å². The molecule has 0 spiro atoms. The monoisotopic (exact) mass is 321 g/mol. The predicted molar refractivity (Wildman–Crippen MR) is 87.5 cm³/mol. The number of nitrogens with zero attached hydrogens (tertiary/aromatic N) is 3. The first kappa shape index (κ1) is 17.5. The van der Waals surface area contributed by atoms with Crippen LogP contribution >= 0.6 is 0 Å². The van der Waals surface area contributed by atoms with Crippen LogP contribution < -0.4 is 0 Å². The molecule has 1 aliphatic rings. The minimum Gasteiger partial charge on any atom is -0.481 e. The predicted octanol–water partition coefficient (Wildman–Crippen LogP) is 2.53. The van der Waals surface area contributed by atoms with Crippen molar-refractivity contribution in [1.82, 2.24) is 14.7 Å². The number of carbonyl (C=O) groups excluding carboxylic acids is 1. The zero-order valence-corrected chi connectivity index (χ0v) is 14.5. The summed E-state index contributed by atoms with van der Waals surface area (Å²) in [7, 11) is 0. The van der Waals surface area contributed by atoms with Gasteiger partial charge in [0.05, 0.1) is 23.0 Å². The number of rotatable bonds is 4. The highest BCUT2D eigenvalue weighted by Gasteiger charge is 2.29. The van der Waals surface area contributed by atoms with Crippen molar-refractivity contribution in [3.8, 4) is 0 Å². The lowest BCUT2D eigenvalue weighted by atomic mass is 9.93. The topological polar surface area (TPSA) is 75.4 Å². The summed E-state index contributed by atoms with van der Waals surface area (Å²) in [5, 5.41) is 13.3. The van der Waals surface area contributed by atoms with Crippen LogP contribution in [-0.4, -0.2) is 44.8 Å². The van der Waals surface area contributed by atoms with Crippen molar-refractivity contribution in [2.75, 3.05) is 13.1 Å². The van der Waals surface area contributed by atoms with Gasteiger partial charge in [-0.25, -0.2) is 0 Å². The molecule has 0 saturated carbocycles. The quantitative estimate of drug-likeness (QED) is 0.924. The molecule has 0 aliphatic carbocycles. The maximum Gasteiger partial charge on any atom is 0.303 e. The second-order valence-electron chi connectivity index (χ2n) is 7.27. The van der Waals surface area contributed by atoms with Crippen LogP contribution in [0, 0.1) is 5.92 Å².